The highest BCUT2D eigenvalue weighted by atomic mass is 16.6. The minimum atomic E-state index is -0.396. The predicted octanol–water partition coefficient (Wildman–Crippen LogP) is 4.63. The third-order valence-corrected chi connectivity index (χ3v) is 2.41. The van der Waals surface area contributed by atoms with Gasteiger partial charge in [0.15, 0.2) is 0 Å². The zero-order valence-electron chi connectivity index (χ0n) is 12.1. The molecule has 2 nitrogen and oxygen atoms in total. The molecule has 0 aromatic carbocycles. The first kappa shape index (κ1) is 16.2. The molecule has 2 heteroatoms. The van der Waals surface area contributed by atoms with Gasteiger partial charge in [-0.05, 0) is 40.0 Å². The largest absolute Gasteiger partial charge is 0.457 e. The number of hydrogen-bond donors (Lipinski definition) is 0. The smallest absolute Gasteiger partial charge is 0.334 e. The van der Waals surface area contributed by atoms with E-state index in [0.29, 0.717) is 0 Å². The van der Waals surface area contributed by atoms with Crippen molar-refractivity contribution in [2.24, 2.45) is 0 Å². The van der Waals surface area contributed by atoms with E-state index in [-0.39, 0.29) is 5.97 Å². The summed E-state index contributed by atoms with van der Waals surface area (Å²) in [5.74, 6) is -0.143. The van der Waals surface area contributed by atoms with Gasteiger partial charge in [-0.1, -0.05) is 39.2 Å². The van der Waals surface area contributed by atoms with E-state index >= 15 is 0 Å². The maximum atomic E-state index is 11.9. The lowest BCUT2D eigenvalue weighted by molar-refractivity contribution is -0.150. The first-order chi connectivity index (χ1) is 7.90. The Labute approximate surface area is 106 Å². The highest BCUT2D eigenvalue weighted by Crippen LogP contribution is 2.16. The van der Waals surface area contributed by atoms with E-state index in [2.05, 4.69) is 13.8 Å². The molecule has 0 unspecified atom stereocenters. The fraction of sp³-hybridized carbons (Fsp3) is 0.800. The molecule has 0 aromatic rings. The van der Waals surface area contributed by atoms with Crippen LogP contribution in [0.1, 0.15) is 73.1 Å². The van der Waals surface area contributed by atoms with Crippen LogP contribution in [0.4, 0.5) is 0 Å². The van der Waals surface area contributed by atoms with E-state index in [1.807, 2.05) is 26.8 Å². The van der Waals surface area contributed by atoms with Crippen LogP contribution in [0.15, 0.2) is 11.6 Å². The molecule has 0 N–H and O–H groups in total. The van der Waals surface area contributed by atoms with E-state index in [4.69, 9.17) is 4.74 Å². The van der Waals surface area contributed by atoms with Crippen LogP contribution >= 0.6 is 0 Å². The van der Waals surface area contributed by atoms with Crippen LogP contribution < -0.4 is 0 Å². The Balaban J connectivity index is 4.23. The van der Waals surface area contributed by atoms with Crippen molar-refractivity contribution in [3.8, 4) is 0 Å². The van der Waals surface area contributed by atoms with Crippen LogP contribution in [-0.2, 0) is 9.53 Å². The number of rotatable bonds is 7. The molecule has 0 saturated heterocycles. The van der Waals surface area contributed by atoms with Gasteiger partial charge in [0.1, 0.15) is 5.60 Å². The number of carbonyl (C=O) groups is 1. The molecule has 0 heterocycles. The highest BCUT2D eigenvalue weighted by molar-refractivity contribution is 5.88. The quantitative estimate of drug-likeness (QED) is 0.368. The molecule has 100 valence electrons. The number of carbonyl (C=O) groups excluding carboxylic acids is 1. The molecule has 0 aliphatic rings. The van der Waals surface area contributed by atoms with Gasteiger partial charge in [0, 0.05) is 5.57 Å². The summed E-state index contributed by atoms with van der Waals surface area (Å²) >= 11 is 0. The monoisotopic (exact) mass is 240 g/mol. The lowest BCUT2D eigenvalue weighted by Crippen LogP contribution is -2.25. The first-order valence-corrected chi connectivity index (χ1v) is 6.83. The summed E-state index contributed by atoms with van der Waals surface area (Å²) in [4.78, 5) is 11.9. The Morgan fingerprint density at radius 1 is 1.12 bits per heavy atom. The molecule has 0 fully saturated rings. The fourth-order valence-electron chi connectivity index (χ4n) is 1.62. The van der Waals surface area contributed by atoms with Crippen LogP contribution in [0.25, 0.3) is 0 Å². The van der Waals surface area contributed by atoms with Crippen molar-refractivity contribution in [2.45, 2.75) is 78.7 Å². The second-order valence-electron chi connectivity index (χ2n) is 5.45. The van der Waals surface area contributed by atoms with Crippen molar-refractivity contribution in [3.05, 3.63) is 11.6 Å². The molecule has 0 spiro atoms. The van der Waals surface area contributed by atoms with Gasteiger partial charge in [0.05, 0.1) is 0 Å². The number of allylic oxidation sites excluding steroid dienone is 1. The van der Waals surface area contributed by atoms with E-state index in [9.17, 15) is 4.79 Å². The lowest BCUT2D eigenvalue weighted by atomic mass is 10.1. The van der Waals surface area contributed by atoms with Crippen LogP contribution in [0.3, 0.4) is 0 Å². The molecule has 0 aromatic heterocycles. The number of ether oxygens (including phenoxy) is 1. The van der Waals surface area contributed by atoms with Gasteiger partial charge in [-0.3, -0.25) is 0 Å². The average molecular weight is 240 g/mol. The zero-order chi connectivity index (χ0) is 13.3. The number of hydrogen-bond acceptors (Lipinski definition) is 2. The van der Waals surface area contributed by atoms with Gasteiger partial charge in [-0.2, -0.15) is 0 Å². The van der Waals surface area contributed by atoms with Crippen LogP contribution in [0, 0.1) is 0 Å². The third kappa shape index (κ3) is 8.96. The van der Waals surface area contributed by atoms with Gasteiger partial charge in [0.2, 0.25) is 0 Å². The molecule has 17 heavy (non-hydrogen) atoms. The Kier molecular flexibility index (Phi) is 7.94. The molecule has 0 aliphatic carbocycles. The predicted molar refractivity (Wildman–Crippen MR) is 73.0 cm³/mol. The number of esters is 1. The van der Waals surface area contributed by atoms with Crippen molar-refractivity contribution in [1.82, 2.24) is 0 Å². The summed E-state index contributed by atoms with van der Waals surface area (Å²) in [5, 5.41) is 0. The Hall–Kier alpha value is -0.790. The van der Waals surface area contributed by atoms with E-state index in [1.165, 1.54) is 19.3 Å². The molecular formula is C15H28O2. The van der Waals surface area contributed by atoms with Crippen molar-refractivity contribution < 1.29 is 9.53 Å². The van der Waals surface area contributed by atoms with Gasteiger partial charge in [-0.15, -0.1) is 0 Å². The summed E-state index contributed by atoms with van der Waals surface area (Å²) in [6.07, 6.45) is 8.48. The van der Waals surface area contributed by atoms with Gasteiger partial charge in [-0.25, -0.2) is 4.79 Å². The molecule has 0 rings (SSSR count). The Bertz CT molecular complexity index is 246. The maximum Gasteiger partial charge on any atom is 0.334 e. The summed E-state index contributed by atoms with van der Waals surface area (Å²) in [7, 11) is 0. The highest BCUT2D eigenvalue weighted by Gasteiger charge is 2.19. The summed E-state index contributed by atoms with van der Waals surface area (Å²) in [6, 6.07) is 0. The first-order valence-electron chi connectivity index (χ1n) is 6.83. The minimum Gasteiger partial charge on any atom is -0.457 e. The SMILES string of the molecule is CCC=C(CCCCCC)C(=O)OC(C)(C)C. The zero-order valence-corrected chi connectivity index (χ0v) is 12.1. The summed E-state index contributed by atoms with van der Waals surface area (Å²) < 4.78 is 5.40. The normalized spacial score (nSPS) is 12.6. The molecule has 0 saturated carbocycles. The summed E-state index contributed by atoms with van der Waals surface area (Å²) in [5.41, 5.74) is 0.450. The van der Waals surface area contributed by atoms with Crippen LogP contribution in [-0.4, -0.2) is 11.6 Å². The molecular weight excluding hydrogens is 212 g/mol. The van der Waals surface area contributed by atoms with Gasteiger partial charge < -0.3 is 4.74 Å². The minimum absolute atomic E-state index is 0.143. The fourth-order valence-corrected chi connectivity index (χ4v) is 1.62. The van der Waals surface area contributed by atoms with Crippen molar-refractivity contribution in [1.29, 1.82) is 0 Å². The van der Waals surface area contributed by atoms with Gasteiger partial charge in [0.25, 0.3) is 0 Å². The van der Waals surface area contributed by atoms with Crippen LogP contribution in [0.5, 0.6) is 0 Å². The second kappa shape index (κ2) is 8.32. The van der Waals surface area contributed by atoms with E-state index in [1.54, 1.807) is 0 Å². The molecule has 0 aliphatic heterocycles. The van der Waals surface area contributed by atoms with Crippen LogP contribution in [0.2, 0.25) is 0 Å². The second-order valence-corrected chi connectivity index (χ2v) is 5.45. The van der Waals surface area contributed by atoms with Crippen molar-refractivity contribution in [3.63, 3.8) is 0 Å². The van der Waals surface area contributed by atoms with E-state index in [0.717, 1.165) is 24.8 Å². The summed E-state index contributed by atoms with van der Waals surface area (Å²) in [6.45, 7) is 9.97. The lowest BCUT2D eigenvalue weighted by Gasteiger charge is -2.20. The standard InChI is InChI=1S/C15H28O2/c1-6-8-9-10-12-13(11-7-2)14(16)17-15(3,4)5/h11H,6-10,12H2,1-5H3. The topological polar surface area (TPSA) is 26.3 Å². The van der Waals surface area contributed by atoms with Crippen molar-refractivity contribution in [2.75, 3.05) is 0 Å². The molecule has 0 atom stereocenters. The number of unbranched alkanes of at least 4 members (excludes halogenated alkanes) is 3. The van der Waals surface area contributed by atoms with E-state index < -0.39 is 5.60 Å². The average Bonchev–Trinajstić information content (AvgIpc) is 2.20. The molecule has 0 radical (unpaired) electrons. The van der Waals surface area contributed by atoms with Gasteiger partial charge >= 0.3 is 5.97 Å². The Morgan fingerprint density at radius 3 is 2.24 bits per heavy atom. The van der Waals surface area contributed by atoms with Crippen molar-refractivity contribution >= 4 is 5.97 Å². The molecule has 0 bridgehead atoms. The molecule has 0 amide bonds. The maximum absolute atomic E-state index is 11.9. The Morgan fingerprint density at radius 2 is 1.76 bits per heavy atom. The third-order valence-electron chi connectivity index (χ3n) is 2.41.